The lowest BCUT2D eigenvalue weighted by molar-refractivity contribution is 0.0600. The molecule has 0 fully saturated rings. The molecule has 0 unspecified atom stereocenters. The zero-order valence-electron chi connectivity index (χ0n) is 13.9. The number of esters is 1. The van der Waals surface area contributed by atoms with Crippen molar-refractivity contribution in [1.29, 1.82) is 0 Å². The quantitative estimate of drug-likeness (QED) is 0.733. The molecule has 0 amide bonds. The Hall–Kier alpha value is -1.88. The fourth-order valence-corrected chi connectivity index (χ4v) is 2.60. The number of halogens is 1. The summed E-state index contributed by atoms with van der Waals surface area (Å²) in [6.45, 7) is 3.97. The molecule has 0 saturated heterocycles. The molecule has 1 N–H and O–H groups in total. The Morgan fingerprint density at radius 3 is 2.58 bits per heavy atom. The van der Waals surface area contributed by atoms with Gasteiger partial charge in [0.1, 0.15) is 0 Å². The molecule has 2 aromatic carbocycles. The number of nitrogens with one attached hydrogen (secondary N) is 1. The Labute approximate surface area is 147 Å². The lowest BCUT2D eigenvalue weighted by Crippen LogP contribution is -2.23. The molecule has 0 saturated carbocycles. The zero-order valence-corrected chi connectivity index (χ0v) is 14.7. The Morgan fingerprint density at radius 1 is 1.21 bits per heavy atom. The molecule has 2 aromatic rings. The highest BCUT2D eigenvalue weighted by atomic mass is 35.5. The number of hydrogen-bond acceptors (Lipinski definition) is 4. The molecule has 0 aliphatic carbocycles. The van der Waals surface area contributed by atoms with Gasteiger partial charge < -0.3 is 14.8 Å². The highest BCUT2D eigenvalue weighted by molar-refractivity contribution is 6.30. The largest absolute Gasteiger partial charge is 0.465 e. The van der Waals surface area contributed by atoms with Crippen molar-refractivity contribution >= 4 is 17.6 Å². The van der Waals surface area contributed by atoms with Crippen molar-refractivity contribution < 1.29 is 14.3 Å². The maximum absolute atomic E-state index is 11.4. The smallest absolute Gasteiger partial charge is 0.337 e. The van der Waals surface area contributed by atoms with Crippen LogP contribution in [0.3, 0.4) is 0 Å². The summed E-state index contributed by atoms with van der Waals surface area (Å²) in [7, 11) is 1.38. The molecular formula is C19H22ClNO3. The van der Waals surface area contributed by atoms with E-state index in [0.29, 0.717) is 30.3 Å². The molecule has 5 heteroatoms. The first-order valence-corrected chi connectivity index (χ1v) is 8.27. The molecule has 4 nitrogen and oxygen atoms in total. The molecule has 24 heavy (non-hydrogen) atoms. The van der Waals surface area contributed by atoms with E-state index >= 15 is 0 Å². The molecule has 0 bridgehead atoms. The van der Waals surface area contributed by atoms with Crippen molar-refractivity contribution in [3.63, 3.8) is 0 Å². The van der Waals surface area contributed by atoms with Crippen LogP contribution in [0.5, 0.6) is 0 Å². The van der Waals surface area contributed by atoms with Gasteiger partial charge in [-0.2, -0.15) is 0 Å². The van der Waals surface area contributed by atoms with Crippen LogP contribution >= 0.6 is 11.6 Å². The third-order valence-electron chi connectivity index (χ3n) is 3.62. The van der Waals surface area contributed by atoms with Crippen molar-refractivity contribution in [3.8, 4) is 0 Å². The Balaban J connectivity index is 1.92. The van der Waals surface area contributed by atoms with E-state index in [1.807, 2.05) is 43.3 Å². The topological polar surface area (TPSA) is 47.6 Å². The molecule has 0 aromatic heterocycles. The molecule has 0 heterocycles. The summed E-state index contributed by atoms with van der Waals surface area (Å²) >= 11 is 6.06. The lowest BCUT2D eigenvalue weighted by Gasteiger charge is -2.18. The van der Waals surface area contributed by atoms with E-state index in [2.05, 4.69) is 5.32 Å². The van der Waals surface area contributed by atoms with E-state index in [1.54, 1.807) is 12.1 Å². The fraction of sp³-hybridized carbons (Fsp3) is 0.316. The lowest BCUT2D eigenvalue weighted by atomic mass is 10.1. The summed E-state index contributed by atoms with van der Waals surface area (Å²) in [5.74, 6) is -0.327. The zero-order chi connectivity index (χ0) is 17.4. The standard InChI is InChI=1S/C19H22ClNO3/c1-3-24-18(16-5-4-6-17(20)11-16)13-21-12-14-7-9-15(10-8-14)19(22)23-2/h4-11,18,21H,3,12-13H2,1-2H3/t18-/m0/s1. The van der Waals surface area contributed by atoms with E-state index in [1.165, 1.54) is 7.11 Å². The third kappa shape index (κ3) is 5.34. The van der Waals surface area contributed by atoms with E-state index in [9.17, 15) is 4.79 Å². The van der Waals surface area contributed by atoms with Crippen LogP contribution in [0.15, 0.2) is 48.5 Å². The minimum Gasteiger partial charge on any atom is -0.465 e. The summed E-state index contributed by atoms with van der Waals surface area (Å²) in [6, 6.07) is 15.1. The summed E-state index contributed by atoms with van der Waals surface area (Å²) in [5.41, 5.74) is 2.69. The van der Waals surface area contributed by atoms with Crippen molar-refractivity contribution in [2.75, 3.05) is 20.3 Å². The molecule has 0 aliphatic heterocycles. The summed E-state index contributed by atoms with van der Waals surface area (Å²) in [4.78, 5) is 11.4. The Kier molecular flexibility index (Phi) is 7.25. The molecule has 0 radical (unpaired) electrons. The Morgan fingerprint density at radius 2 is 1.96 bits per heavy atom. The average Bonchev–Trinajstić information content (AvgIpc) is 2.61. The molecular weight excluding hydrogens is 326 g/mol. The second kappa shape index (κ2) is 9.42. The van der Waals surface area contributed by atoms with Gasteiger partial charge in [-0.05, 0) is 42.3 Å². The first-order valence-electron chi connectivity index (χ1n) is 7.89. The number of ether oxygens (including phenoxy) is 2. The van der Waals surface area contributed by atoms with Crippen LogP contribution in [0.1, 0.15) is 34.5 Å². The number of rotatable bonds is 8. The van der Waals surface area contributed by atoms with Gasteiger partial charge in [0, 0.05) is 24.7 Å². The molecule has 128 valence electrons. The van der Waals surface area contributed by atoms with Gasteiger partial charge in [-0.1, -0.05) is 35.9 Å². The van der Waals surface area contributed by atoms with Gasteiger partial charge in [0.05, 0.1) is 18.8 Å². The number of methoxy groups -OCH3 is 1. The highest BCUT2D eigenvalue weighted by Gasteiger charge is 2.11. The van der Waals surface area contributed by atoms with Crippen LogP contribution < -0.4 is 5.32 Å². The maximum Gasteiger partial charge on any atom is 0.337 e. The molecule has 0 aliphatic rings. The monoisotopic (exact) mass is 347 g/mol. The first-order chi connectivity index (χ1) is 11.6. The van der Waals surface area contributed by atoms with Gasteiger partial charge in [0.2, 0.25) is 0 Å². The number of hydrogen-bond donors (Lipinski definition) is 1. The SMILES string of the molecule is CCO[C@@H](CNCc1ccc(C(=O)OC)cc1)c1cccc(Cl)c1. The van der Waals surface area contributed by atoms with Crippen molar-refractivity contribution in [3.05, 3.63) is 70.2 Å². The number of carbonyl (C=O) groups is 1. The maximum atomic E-state index is 11.4. The minimum absolute atomic E-state index is 0.0527. The van der Waals surface area contributed by atoms with Crippen molar-refractivity contribution in [2.24, 2.45) is 0 Å². The van der Waals surface area contributed by atoms with E-state index < -0.39 is 0 Å². The minimum atomic E-state index is -0.327. The van der Waals surface area contributed by atoms with Crippen molar-refractivity contribution in [2.45, 2.75) is 19.6 Å². The second-order valence-electron chi connectivity index (χ2n) is 5.32. The normalized spacial score (nSPS) is 12.0. The highest BCUT2D eigenvalue weighted by Crippen LogP contribution is 2.20. The van der Waals surface area contributed by atoms with E-state index in [4.69, 9.17) is 21.1 Å². The first kappa shape index (κ1) is 18.5. The molecule has 0 spiro atoms. The summed E-state index contributed by atoms with van der Waals surface area (Å²) < 4.78 is 10.5. The second-order valence-corrected chi connectivity index (χ2v) is 5.75. The van der Waals surface area contributed by atoms with E-state index in [0.717, 1.165) is 11.1 Å². The third-order valence-corrected chi connectivity index (χ3v) is 3.86. The van der Waals surface area contributed by atoms with Gasteiger partial charge >= 0.3 is 5.97 Å². The number of carbonyl (C=O) groups excluding carboxylic acids is 1. The fourth-order valence-electron chi connectivity index (χ4n) is 2.41. The molecule has 2 rings (SSSR count). The predicted molar refractivity (Wildman–Crippen MR) is 95.3 cm³/mol. The predicted octanol–water partition coefficient (Wildman–Crippen LogP) is 3.99. The van der Waals surface area contributed by atoms with Gasteiger partial charge in [0.25, 0.3) is 0 Å². The van der Waals surface area contributed by atoms with E-state index in [-0.39, 0.29) is 12.1 Å². The van der Waals surface area contributed by atoms with Gasteiger partial charge in [0.15, 0.2) is 0 Å². The number of benzene rings is 2. The van der Waals surface area contributed by atoms with Gasteiger partial charge in [-0.15, -0.1) is 0 Å². The summed E-state index contributed by atoms with van der Waals surface area (Å²) in [5, 5.41) is 4.09. The van der Waals surface area contributed by atoms with Crippen molar-refractivity contribution in [1.82, 2.24) is 5.32 Å². The molecule has 1 atom stereocenters. The van der Waals surface area contributed by atoms with Gasteiger partial charge in [-0.25, -0.2) is 4.79 Å². The van der Waals surface area contributed by atoms with Crippen LogP contribution in [0.2, 0.25) is 5.02 Å². The van der Waals surface area contributed by atoms with Crippen LogP contribution in [0.25, 0.3) is 0 Å². The van der Waals surface area contributed by atoms with Crippen LogP contribution in [-0.2, 0) is 16.0 Å². The average molecular weight is 348 g/mol. The van der Waals surface area contributed by atoms with Gasteiger partial charge in [-0.3, -0.25) is 0 Å². The summed E-state index contributed by atoms with van der Waals surface area (Å²) in [6.07, 6.45) is -0.0527. The van der Waals surface area contributed by atoms with Crippen LogP contribution in [0, 0.1) is 0 Å². The van der Waals surface area contributed by atoms with Crippen LogP contribution in [-0.4, -0.2) is 26.2 Å². The van der Waals surface area contributed by atoms with Crippen LogP contribution in [0.4, 0.5) is 0 Å². The Bertz CT molecular complexity index is 658.